The highest BCUT2D eigenvalue weighted by Gasteiger charge is 2.34. The number of carbonyl (C=O) groups excluding carboxylic acids is 1. The zero-order chi connectivity index (χ0) is 24.4. The van der Waals surface area contributed by atoms with Crippen molar-refractivity contribution in [3.63, 3.8) is 0 Å². The van der Waals surface area contributed by atoms with Crippen molar-refractivity contribution in [3.8, 4) is 5.95 Å². The molecule has 0 spiro atoms. The summed E-state index contributed by atoms with van der Waals surface area (Å²) in [7, 11) is 2.31. The van der Waals surface area contributed by atoms with Crippen LogP contribution in [0.15, 0.2) is 59.7 Å². The van der Waals surface area contributed by atoms with Crippen LogP contribution in [0.1, 0.15) is 40.9 Å². The van der Waals surface area contributed by atoms with E-state index in [1.165, 1.54) is 53.3 Å². The van der Waals surface area contributed by atoms with Crippen LogP contribution in [-0.2, 0) is 6.54 Å². The Morgan fingerprint density at radius 1 is 1.09 bits per heavy atom. The van der Waals surface area contributed by atoms with E-state index in [4.69, 9.17) is 0 Å². The standard InChI is InChI=1S/C15H22N2.C11H9N5O2/c1-16-14-8-5-9-15(16)12-17(11-14)10-13-6-3-2-4-7-13;1-7-8(6-17)5-12-16(7)11-13-10(18)9-3-2-4-15(9)14-11/h2-4,6-7,14-15H,5,8-12H2,1H3;2-6H,1H3,(H,13,14,18). The number of likely N-dealkylation sites (tertiary alicyclic amines) is 1. The molecule has 1 N–H and O–H groups in total. The Bertz CT molecular complexity index is 1340. The number of aldehydes is 1. The van der Waals surface area contributed by atoms with Crippen molar-refractivity contribution in [1.29, 1.82) is 0 Å². The van der Waals surface area contributed by atoms with Gasteiger partial charge in [-0.25, -0.2) is 9.20 Å². The van der Waals surface area contributed by atoms with Crippen molar-refractivity contribution in [2.75, 3.05) is 20.1 Å². The second-order valence-electron chi connectivity index (χ2n) is 9.41. The van der Waals surface area contributed by atoms with Gasteiger partial charge < -0.3 is 0 Å². The summed E-state index contributed by atoms with van der Waals surface area (Å²) in [5.74, 6) is 0.273. The van der Waals surface area contributed by atoms with E-state index in [0.29, 0.717) is 23.1 Å². The third kappa shape index (κ3) is 4.82. The highest BCUT2D eigenvalue weighted by atomic mass is 16.1. The number of H-pyrrole nitrogens is 1. The molecule has 3 aromatic heterocycles. The molecule has 6 rings (SSSR count). The Hall–Kier alpha value is -3.56. The first-order chi connectivity index (χ1) is 17.0. The molecule has 2 bridgehead atoms. The van der Waals surface area contributed by atoms with Gasteiger partial charge in [-0.05, 0) is 44.5 Å². The first-order valence-corrected chi connectivity index (χ1v) is 12.1. The van der Waals surface area contributed by atoms with Gasteiger partial charge in [0.25, 0.3) is 5.56 Å². The van der Waals surface area contributed by atoms with Crippen molar-refractivity contribution in [2.24, 2.45) is 0 Å². The van der Waals surface area contributed by atoms with Crippen LogP contribution in [0.25, 0.3) is 11.5 Å². The highest BCUT2D eigenvalue weighted by Crippen LogP contribution is 2.27. The van der Waals surface area contributed by atoms with Crippen LogP contribution in [0, 0.1) is 6.92 Å². The van der Waals surface area contributed by atoms with E-state index in [0.717, 1.165) is 18.6 Å². The van der Waals surface area contributed by atoms with Crippen LogP contribution in [-0.4, -0.2) is 72.7 Å². The number of carbonyl (C=O) groups is 1. The molecule has 0 saturated carbocycles. The summed E-state index contributed by atoms with van der Waals surface area (Å²) in [4.78, 5) is 30.4. The van der Waals surface area contributed by atoms with Crippen molar-refractivity contribution in [3.05, 3.63) is 82.0 Å². The molecular weight excluding hydrogens is 442 g/mol. The van der Waals surface area contributed by atoms with E-state index >= 15 is 0 Å². The average molecular weight is 474 g/mol. The molecule has 35 heavy (non-hydrogen) atoms. The fourth-order valence-electron chi connectivity index (χ4n) is 5.15. The Morgan fingerprint density at radius 2 is 1.83 bits per heavy atom. The van der Waals surface area contributed by atoms with Gasteiger partial charge in [-0.2, -0.15) is 5.10 Å². The fourth-order valence-corrected chi connectivity index (χ4v) is 5.15. The minimum absolute atomic E-state index is 0.257. The van der Waals surface area contributed by atoms with E-state index in [1.807, 2.05) is 0 Å². The summed E-state index contributed by atoms with van der Waals surface area (Å²) in [6.45, 7) is 5.36. The van der Waals surface area contributed by atoms with Crippen molar-refractivity contribution >= 4 is 11.8 Å². The lowest BCUT2D eigenvalue weighted by molar-refractivity contribution is 0.00648. The van der Waals surface area contributed by atoms with E-state index in [-0.39, 0.29) is 11.5 Å². The number of fused-ring (bicyclic) bond motifs is 3. The molecule has 2 fully saturated rings. The predicted octanol–water partition coefficient (Wildman–Crippen LogP) is 2.68. The van der Waals surface area contributed by atoms with Crippen molar-refractivity contribution in [2.45, 2.75) is 44.8 Å². The Kier molecular flexibility index (Phi) is 6.61. The molecule has 0 amide bonds. The molecule has 0 aliphatic carbocycles. The van der Waals surface area contributed by atoms with E-state index in [1.54, 1.807) is 25.3 Å². The number of piperazine rings is 1. The number of hydrogen-bond acceptors (Lipinski definition) is 6. The summed E-state index contributed by atoms with van der Waals surface area (Å²) in [6, 6.07) is 15.9. The lowest BCUT2D eigenvalue weighted by Crippen LogP contribution is -2.58. The number of rotatable bonds is 4. The molecule has 5 heterocycles. The molecule has 2 atom stereocenters. The quantitative estimate of drug-likeness (QED) is 0.458. The van der Waals surface area contributed by atoms with Crippen molar-refractivity contribution in [1.82, 2.24) is 34.2 Å². The lowest BCUT2D eigenvalue weighted by Gasteiger charge is -2.48. The SMILES string of the molecule is CN1C2CCCC1CN(Cc1ccccc1)C2.Cc1c(C=O)cnn1-c1nn2cccc2c(=O)[nH]1. The molecular formula is C26H31N7O2. The minimum atomic E-state index is -0.257. The smallest absolute Gasteiger partial charge is 0.276 e. The molecule has 182 valence electrons. The lowest BCUT2D eigenvalue weighted by atomic mass is 9.92. The minimum Gasteiger partial charge on any atom is -0.298 e. The van der Waals surface area contributed by atoms with Crippen LogP contribution in [0.5, 0.6) is 0 Å². The summed E-state index contributed by atoms with van der Waals surface area (Å²) in [5, 5.41) is 8.25. The Morgan fingerprint density at radius 3 is 2.51 bits per heavy atom. The molecule has 1 aromatic carbocycles. The van der Waals surface area contributed by atoms with E-state index < -0.39 is 0 Å². The number of hydrogen-bond donors (Lipinski definition) is 1. The third-order valence-electron chi connectivity index (χ3n) is 7.18. The second kappa shape index (κ2) is 9.97. The normalized spacial score (nSPS) is 20.4. The molecule has 2 unspecified atom stereocenters. The van der Waals surface area contributed by atoms with Crippen LogP contribution in [0.3, 0.4) is 0 Å². The van der Waals surface area contributed by atoms with Crippen LogP contribution >= 0.6 is 0 Å². The third-order valence-corrected chi connectivity index (χ3v) is 7.18. The van der Waals surface area contributed by atoms with Crippen LogP contribution < -0.4 is 5.56 Å². The predicted molar refractivity (Wildman–Crippen MR) is 134 cm³/mol. The number of likely N-dealkylation sites (N-methyl/N-ethyl adjacent to an activating group) is 1. The first kappa shape index (κ1) is 23.2. The molecule has 4 aromatic rings. The second-order valence-corrected chi connectivity index (χ2v) is 9.41. The monoisotopic (exact) mass is 473 g/mol. The van der Waals surface area contributed by atoms with Gasteiger partial charge in [-0.3, -0.25) is 24.4 Å². The number of aromatic nitrogens is 5. The number of benzene rings is 1. The van der Waals surface area contributed by atoms with Gasteiger partial charge in [-0.15, -0.1) is 5.10 Å². The molecule has 2 aliphatic rings. The molecule has 9 nitrogen and oxygen atoms in total. The average Bonchev–Trinajstić information content (AvgIpc) is 3.47. The van der Waals surface area contributed by atoms with Gasteiger partial charge in [0.1, 0.15) is 5.52 Å². The van der Waals surface area contributed by atoms with Gasteiger partial charge in [0, 0.05) is 37.9 Å². The Labute approximate surface area is 204 Å². The topological polar surface area (TPSA) is 91.5 Å². The number of nitrogens with zero attached hydrogens (tertiary/aromatic N) is 6. The first-order valence-electron chi connectivity index (χ1n) is 12.1. The van der Waals surface area contributed by atoms with Gasteiger partial charge >= 0.3 is 0 Å². The van der Waals surface area contributed by atoms with E-state index in [2.05, 4.69) is 62.4 Å². The number of piperidine rings is 1. The van der Waals surface area contributed by atoms with Gasteiger partial charge in [0.05, 0.1) is 17.5 Å². The van der Waals surface area contributed by atoms with Crippen LogP contribution in [0.4, 0.5) is 0 Å². The summed E-state index contributed by atoms with van der Waals surface area (Å²) < 4.78 is 2.89. The molecule has 2 aliphatic heterocycles. The van der Waals surface area contributed by atoms with Gasteiger partial charge in [0.2, 0.25) is 5.95 Å². The molecule has 2 saturated heterocycles. The number of nitrogens with one attached hydrogen (secondary N) is 1. The maximum Gasteiger partial charge on any atom is 0.276 e. The maximum absolute atomic E-state index is 11.8. The van der Waals surface area contributed by atoms with Crippen LogP contribution in [0.2, 0.25) is 0 Å². The highest BCUT2D eigenvalue weighted by molar-refractivity contribution is 5.76. The maximum atomic E-state index is 11.8. The van der Waals surface area contributed by atoms with E-state index in [9.17, 15) is 9.59 Å². The Balaban J connectivity index is 0.000000145. The van der Waals surface area contributed by atoms with Gasteiger partial charge in [0.15, 0.2) is 6.29 Å². The summed E-state index contributed by atoms with van der Waals surface area (Å²) >= 11 is 0. The van der Waals surface area contributed by atoms with Crippen molar-refractivity contribution < 1.29 is 4.79 Å². The zero-order valence-electron chi connectivity index (χ0n) is 20.2. The summed E-state index contributed by atoms with van der Waals surface area (Å²) in [5.41, 5.74) is 2.74. The largest absolute Gasteiger partial charge is 0.298 e. The molecule has 9 heteroatoms. The summed E-state index contributed by atoms with van der Waals surface area (Å²) in [6.07, 6.45) is 8.02. The molecule has 0 radical (unpaired) electrons. The fraction of sp³-hybridized carbons (Fsp3) is 0.385. The number of aromatic amines is 1. The zero-order valence-corrected chi connectivity index (χ0v) is 20.2. The van der Waals surface area contributed by atoms with Gasteiger partial charge in [-0.1, -0.05) is 36.8 Å².